The van der Waals surface area contributed by atoms with Crippen molar-refractivity contribution in [2.45, 2.75) is 26.6 Å². The van der Waals surface area contributed by atoms with E-state index in [0.29, 0.717) is 17.0 Å². The Morgan fingerprint density at radius 3 is 2.62 bits per heavy atom. The van der Waals surface area contributed by atoms with Gasteiger partial charge in [-0.15, -0.1) is 0 Å². The highest BCUT2D eigenvalue weighted by Crippen LogP contribution is 2.26. The van der Waals surface area contributed by atoms with E-state index < -0.39 is 34.9 Å². The molecule has 1 amide bonds. The van der Waals surface area contributed by atoms with E-state index in [4.69, 9.17) is 4.52 Å². The topological polar surface area (TPSA) is 108 Å². The van der Waals surface area contributed by atoms with Crippen molar-refractivity contribution in [2.75, 3.05) is 6.61 Å². The lowest BCUT2D eigenvalue weighted by Crippen LogP contribution is -2.24. The lowest BCUT2D eigenvalue weighted by atomic mass is 10.1. The minimum atomic E-state index is -4.58. The van der Waals surface area contributed by atoms with Crippen LogP contribution < -0.4 is 10.1 Å². The van der Waals surface area contributed by atoms with Gasteiger partial charge in [0.05, 0.1) is 10.6 Å². The summed E-state index contributed by atoms with van der Waals surface area (Å²) < 4.78 is 46.2. The Hall–Kier alpha value is -3.11. The Morgan fingerprint density at radius 1 is 1.38 bits per heavy atom. The van der Waals surface area contributed by atoms with Crippen LogP contribution in [-0.2, 0) is 6.54 Å². The molecule has 0 fully saturated rings. The fourth-order valence-electron chi connectivity index (χ4n) is 2.13. The summed E-state index contributed by atoms with van der Waals surface area (Å²) in [6, 6.07) is 2.80. The number of hydrogen-bond donors (Lipinski definition) is 1. The molecule has 1 aromatic heterocycles. The van der Waals surface area contributed by atoms with Gasteiger partial charge in [0.1, 0.15) is 17.1 Å². The number of benzene rings is 1. The highest BCUT2D eigenvalue weighted by Gasteiger charge is 2.29. The number of rotatable bonds is 6. The molecule has 0 bridgehead atoms. The van der Waals surface area contributed by atoms with Crippen molar-refractivity contribution in [3.63, 3.8) is 0 Å². The molecule has 0 atom stereocenters. The third-order valence-corrected chi connectivity index (χ3v) is 3.42. The molecule has 0 unspecified atom stereocenters. The highest BCUT2D eigenvalue weighted by atomic mass is 19.4. The third kappa shape index (κ3) is 4.71. The van der Waals surface area contributed by atoms with Gasteiger partial charge in [0.2, 0.25) is 0 Å². The molecule has 1 N–H and O–H groups in total. The van der Waals surface area contributed by atoms with Gasteiger partial charge >= 0.3 is 6.18 Å². The minimum absolute atomic E-state index is 0.00914. The smallest absolute Gasteiger partial charge is 0.422 e. The Labute approximate surface area is 145 Å². The Bertz CT molecular complexity index is 813. The number of nitrogens with zero attached hydrogens (tertiary/aromatic N) is 2. The minimum Gasteiger partial charge on any atom is -0.484 e. The first-order chi connectivity index (χ1) is 12.1. The molecule has 0 saturated carbocycles. The monoisotopic (exact) mass is 373 g/mol. The average molecular weight is 373 g/mol. The molecule has 8 nitrogen and oxygen atoms in total. The van der Waals surface area contributed by atoms with Crippen LogP contribution in [0.5, 0.6) is 5.75 Å². The second-order valence-corrected chi connectivity index (χ2v) is 5.33. The molecular formula is C15H14F3N3O5. The number of aromatic nitrogens is 1. The van der Waals surface area contributed by atoms with Crippen LogP contribution in [0.15, 0.2) is 22.7 Å². The summed E-state index contributed by atoms with van der Waals surface area (Å²) in [5.41, 5.74) is 0.173. The number of nitro benzene ring substituents is 1. The number of halogens is 3. The summed E-state index contributed by atoms with van der Waals surface area (Å²) in [7, 11) is 0. The van der Waals surface area contributed by atoms with E-state index in [1.165, 1.54) is 0 Å². The molecule has 0 radical (unpaired) electrons. The molecule has 26 heavy (non-hydrogen) atoms. The Balaban J connectivity index is 2.21. The maximum atomic E-state index is 12.3. The van der Waals surface area contributed by atoms with Crippen LogP contribution in [0, 0.1) is 24.0 Å². The van der Waals surface area contributed by atoms with Crippen LogP contribution in [0.25, 0.3) is 0 Å². The SMILES string of the molecule is Cc1noc(C)c1CNC(=O)c1cc(OCC(F)(F)F)ccc1[N+](=O)[O-]. The number of alkyl halides is 3. The van der Waals surface area contributed by atoms with Crippen LogP contribution >= 0.6 is 0 Å². The molecular weight excluding hydrogens is 359 g/mol. The van der Waals surface area contributed by atoms with Gasteiger partial charge in [-0.3, -0.25) is 14.9 Å². The molecule has 0 aliphatic heterocycles. The van der Waals surface area contributed by atoms with Crippen LogP contribution in [-0.4, -0.2) is 28.8 Å². The first-order valence-corrected chi connectivity index (χ1v) is 7.26. The summed E-state index contributed by atoms with van der Waals surface area (Å²) in [4.78, 5) is 22.6. The first kappa shape index (κ1) is 19.2. The van der Waals surface area contributed by atoms with Gasteiger partial charge in [-0.05, 0) is 26.0 Å². The van der Waals surface area contributed by atoms with Gasteiger partial charge in [-0.2, -0.15) is 13.2 Å². The second-order valence-electron chi connectivity index (χ2n) is 5.33. The number of nitro groups is 1. The zero-order valence-corrected chi connectivity index (χ0v) is 13.7. The van der Waals surface area contributed by atoms with E-state index in [1.807, 2.05) is 0 Å². The molecule has 2 aromatic rings. The lowest BCUT2D eigenvalue weighted by molar-refractivity contribution is -0.385. The standard InChI is InChI=1S/C15H14F3N3O5/c1-8-12(9(2)26-20-8)6-19-14(22)11-5-10(25-7-15(16,17)18)3-4-13(11)21(23)24/h3-5H,6-7H2,1-2H3,(H,19,22). The van der Waals surface area contributed by atoms with Crippen molar-refractivity contribution in [3.05, 3.63) is 50.9 Å². The molecule has 1 aromatic carbocycles. The van der Waals surface area contributed by atoms with Gasteiger partial charge in [-0.1, -0.05) is 5.16 Å². The molecule has 1 heterocycles. The van der Waals surface area contributed by atoms with Crippen molar-refractivity contribution in [2.24, 2.45) is 0 Å². The van der Waals surface area contributed by atoms with Gasteiger partial charge in [-0.25, -0.2) is 0 Å². The van der Waals surface area contributed by atoms with Gasteiger partial charge in [0, 0.05) is 18.2 Å². The van der Waals surface area contributed by atoms with E-state index >= 15 is 0 Å². The van der Waals surface area contributed by atoms with Crippen molar-refractivity contribution < 1.29 is 32.1 Å². The highest BCUT2D eigenvalue weighted by molar-refractivity contribution is 5.98. The molecule has 11 heteroatoms. The number of ether oxygens (including phenoxy) is 1. The summed E-state index contributed by atoms with van der Waals surface area (Å²) in [5, 5.41) is 17.2. The molecule has 0 aliphatic rings. The number of hydrogen-bond acceptors (Lipinski definition) is 6. The number of carbonyl (C=O) groups is 1. The van der Waals surface area contributed by atoms with Gasteiger partial charge in [0.25, 0.3) is 11.6 Å². The van der Waals surface area contributed by atoms with E-state index in [9.17, 15) is 28.1 Å². The number of nitrogens with one attached hydrogen (secondary N) is 1. The molecule has 0 spiro atoms. The predicted octanol–water partition coefficient (Wildman–Crippen LogP) is 3.07. The molecule has 140 valence electrons. The van der Waals surface area contributed by atoms with Crippen molar-refractivity contribution >= 4 is 11.6 Å². The van der Waals surface area contributed by atoms with Crippen LogP contribution in [0.2, 0.25) is 0 Å². The van der Waals surface area contributed by atoms with Crippen LogP contribution in [0.1, 0.15) is 27.4 Å². The van der Waals surface area contributed by atoms with E-state index in [-0.39, 0.29) is 12.3 Å². The van der Waals surface area contributed by atoms with Gasteiger partial charge in [0.15, 0.2) is 6.61 Å². The van der Waals surface area contributed by atoms with E-state index in [1.54, 1.807) is 13.8 Å². The predicted molar refractivity (Wildman–Crippen MR) is 81.8 cm³/mol. The fourth-order valence-corrected chi connectivity index (χ4v) is 2.13. The number of aryl methyl sites for hydroxylation is 2. The Kier molecular flexibility index (Phi) is 5.48. The van der Waals surface area contributed by atoms with Crippen molar-refractivity contribution in [3.8, 4) is 5.75 Å². The maximum Gasteiger partial charge on any atom is 0.422 e. The summed E-state index contributed by atoms with van der Waals surface area (Å²) in [6.45, 7) is 1.71. The third-order valence-electron chi connectivity index (χ3n) is 3.42. The largest absolute Gasteiger partial charge is 0.484 e. The quantitative estimate of drug-likeness (QED) is 0.616. The molecule has 0 aliphatic carbocycles. The summed E-state index contributed by atoms with van der Waals surface area (Å²) in [5.74, 6) is -0.677. The van der Waals surface area contributed by atoms with Gasteiger partial charge < -0.3 is 14.6 Å². The molecule has 0 saturated heterocycles. The van der Waals surface area contributed by atoms with E-state index in [2.05, 4.69) is 15.2 Å². The van der Waals surface area contributed by atoms with Crippen LogP contribution in [0.3, 0.4) is 0 Å². The first-order valence-electron chi connectivity index (χ1n) is 7.26. The van der Waals surface area contributed by atoms with E-state index in [0.717, 1.165) is 18.2 Å². The maximum absolute atomic E-state index is 12.3. The Morgan fingerprint density at radius 2 is 2.08 bits per heavy atom. The van der Waals surface area contributed by atoms with Crippen molar-refractivity contribution in [1.82, 2.24) is 10.5 Å². The average Bonchev–Trinajstić information content (AvgIpc) is 2.88. The zero-order chi connectivity index (χ0) is 19.5. The zero-order valence-electron chi connectivity index (χ0n) is 13.7. The normalized spacial score (nSPS) is 11.3. The number of amides is 1. The second kappa shape index (κ2) is 7.42. The lowest BCUT2D eigenvalue weighted by Gasteiger charge is -2.11. The molecule has 2 rings (SSSR count). The summed E-state index contributed by atoms with van der Waals surface area (Å²) >= 11 is 0. The fraction of sp³-hybridized carbons (Fsp3) is 0.333. The summed E-state index contributed by atoms with van der Waals surface area (Å²) in [6.07, 6.45) is -4.58. The van der Waals surface area contributed by atoms with Crippen molar-refractivity contribution in [1.29, 1.82) is 0 Å². The van der Waals surface area contributed by atoms with Crippen LogP contribution in [0.4, 0.5) is 18.9 Å². The number of carbonyl (C=O) groups excluding carboxylic acids is 1.